The summed E-state index contributed by atoms with van der Waals surface area (Å²) in [6, 6.07) is 11.6. The summed E-state index contributed by atoms with van der Waals surface area (Å²) in [5, 5.41) is 20.4. The van der Waals surface area contributed by atoms with Gasteiger partial charge in [0.1, 0.15) is 18.1 Å². The number of amides is 5. The number of urea groups is 1. The number of aliphatic carboxylic acids is 1. The average molecular weight is 661 g/mol. The summed E-state index contributed by atoms with van der Waals surface area (Å²) >= 11 is 6.01. The van der Waals surface area contributed by atoms with Gasteiger partial charge in [-0.25, -0.2) is 9.59 Å². The molecule has 0 saturated carbocycles. The van der Waals surface area contributed by atoms with Crippen LogP contribution in [0.4, 0.5) is 4.79 Å². The lowest BCUT2D eigenvalue weighted by Crippen LogP contribution is -2.57. The van der Waals surface area contributed by atoms with Crippen molar-refractivity contribution in [2.45, 2.75) is 76.1 Å². The minimum Gasteiger partial charge on any atom is -0.480 e. The first-order valence-electron chi connectivity index (χ1n) is 15.3. The van der Waals surface area contributed by atoms with Gasteiger partial charge in [0, 0.05) is 24.4 Å². The zero-order valence-electron chi connectivity index (χ0n) is 25.8. The van der Waals surface area contributed by atoms with E-state index >= 15 is 0 Å². The highest BCUT2D eigenvalue weighted by atomic mass is 35.5. The predicted molar refractivity (Wildman–Crippen MR) is 174 cm³/mol. The van der Waals surface area contributed by atoms with Gasteiger partial charge in [-0.3, -0.25) is 14.4 Å². The number of halogens is 1. The Kier molecular flexibility index (Phi) is 17.8. The summed E-state index contributed by atoms with van der Waals surface area (Å²) in [7, 11) is 0. The summed E-state index contributed by atoms with van der Waals surface area (Å²) in [6.07, 6.45) is 3.65. The third kappa shape index (κ3) is 15.7. The quantitative estimate of drug-likeness (QED) is 0.0925. The van der Waals surface area contributed by atoms with Gasteiger partial charge < -0.3 is 42.6 Å². The van der Waals surface area contributed by atoms with Crippen molar-refractivity contribution in [2.75, 3.05) is 19.7 Å². The molecule has 0 aromatic heterocycles. The van der Waals surface area contributed by atoms with Crippen LogP contribution in [0.2, 0.25) is 5.02 Å². The van der Waals surface area contributed by atoms with E-state index in [1.165, 1.54) is 0 Å². The number of ether oxygens (including phenoxy) is 1. The standard InChI is InChI=1S/C32H45ClN6O7/c33-24-15-13-22(14-16-24)19-26(29(41)38-25(31(43)44)11-8-18-36-32(35)45)39-30(42)27(21-46-20-23-9-4-3-5-10-23)37-28(40)12-6-1-2-7-17-34/h3-5,9-10,13-16,25-27H,1-2,6-8,11-12,17-21,34H2,(H,37,40)(H,38,41)(H,39,42)(H,43,44)(H3,35,36,45)/t25-,26+,27-/m0/s1. The molecule has 0 aliphatic rings. The van der Waals surface area contributed by atoms with Crippen molar-refractivity contribution in [3.63, 3.8) is 0 Å². The van der Waals surface area contributed by atoms with Crippen molar-refractivity contribution in [1.82, 2.24) is 21.3 Å². The van der Waals surface area contributed by atoms with Crippen molar-refractivity contribution >= 4 is 41.3 Å². The van der Waals surface area contributed by atoms with Crippen molar-refractivity contribution in [3.8, 4) is 0 Å². The number of benzene rings is 2. The molecule has 2 rings (SSSR count). The van der Waals surface area contributed by atoms with E-state index in [0.29, 0.717) is 23.6 Å². The summed E-state index contributed by atoms with van der Waals surface area (Å²) in [5.74, 6) is -3.04. The summed E-state index contributed by atoms with van der Waals surface area (Å²) in [4.78, 5) is 62.7. The van der Waals surface area contributed by atoms with E-state index in [1.807, 2.05) is 30.3 Å². The number of unbranched alkanes of at least 4 members (excludes halogenated alkanes) is 3. The molecule has 0 unspecified atom stereocenters. The first kappa shape index (κ1) is 38.0. The zero-order valence-corrected chi connectivity index (χ0v) is 26.6. The molecule has 0 fully saturated rings. The number of hydrogen-bond acceptors (Lipinski definition) is 7. The maximum absolute atomic E-state index is 13.6. The van der Waals surface area contributed by atoms with E-state index in [9.17, 15) is 29.1 Å². The molecule has 0 saturated heterocycles. The highest BCUT2D eigenvalue weighted by molar-refractivity contribution is 6.30. The van der Waals surface area contributed by atoms with Gasteiger partial charge in [-0.1, -0.05) is 66.9 Å². The second-order valence-electron chi connectivity index (χ2n) is 10.8. The van der Waals surface area contributed by atoms with Gasteiger partial charge in [0.25, 0.3) is 0 Å². The fraction of sp³-hybridized carbons (Fsp3) is 0.469. The third-order valence-corrected chi connectivity index (χ3v) is 7.23. The van der Waals surface area contributed by atoms with Crippen molar-refractivity contribution < 1.29 is 33.8 Å². The van der Waals surface area contributed by atoms with Crippen LogP contribution in [0, 0.1) is 0 Å². The van der Waals surface area contributed by atoms with Gasteiger partial charge >= 0.3 is 12.0 Å². The molecular formula is C32H45ClN6O7. The number of carbonyl (C=O) groups is 5. The number of nitrogens with one attached hydrogen (secondary N) is 4. The van der Waals surface area contributed by atoms with Crippen LogP contribution in [0.25, 0.3) is 0 Å². The number of carboxylic acid groups (broad SMARTS) is 1. The lowest BCUT2D eigenvalue weighted by atomic mass is 10.0. The number of hydrogen-bond donors (Lipinski definition) is 7. The van der Waals surface area contributed by atoms with E-state index in [-0.39, 0.29) is 51.3 Å². The van der Waals surface area contributed by atoms with E-state index in [1.54, 1.807) is 24.3 Å². The molecular weight excluding hydrogens is 616 g/mol. The van der Waals surface area contributed by atoms with Crippen molar-refractivity contribution in [2.24, 2.45) is 11.5 Å². The van der Waals surface area contributed by atoms with Crippen LogP contribution in [-0.2, 0) is 36.9 Å². The largest absolute Gasteiger partial charge is 0.480 e. The molecule has 2 aromatic rings. The van der Waals surface area contributed by atoms with Crippen LogP contribution in [0.3, 0.4) is 0 Å². The summed E-state index contributed by atoms with van der Waals surface area (Å²) < 4.78 is 5.78. The highest BCUT2D eigenvalue weighted by Crippen LogP contribution is 2.12. The first-order valence-corrected chi connectivity index (χ1v) is 15.7. The molecule has 3 atom stereocenters. The predicted octanol–water partition coefficient (Wildman–Crippen LogP) is 2.00. The molecule has 46 heavy (non-hydrogen) atoms. The lowest BCUT2D eigenvalue weighted by molar-refractivity contribution is -0.142. The Morgan fingerprint density at radius 2 is 1.43 bits per heavy atom. The Balaban J connectivity index is 2.18. The SMILES string of the molecule is NCCCCCCC(=O)N[C@@H](COCc1ccccc1)C(=O)N[C@H](Cc1ccc(Cl)cc1)C(=O)N[C@@H](CCCNC(N)=O)C(=O)O. The Morgan fingerprint density at radius 3 is 2.09 bits per heavy atom. The molecule has 0 spiro atoms. The van der Waals surface area contributed by atoms with Crippen LogP contribution in [0.1, 0.15) is 56.1 Å². The second kappa shape index (κ2) is 21.5. The number of nitrogens with two attached hydrogens (primary N) is 2. The second-order valence-corrected chi connectivity index (χ2v) is 11.2. The van der Waals surface area contributed by atoms with E-state index < -0.39 is 41.9 Å². The fourth-order valence-electron chi connectivity index (χ4n) is 4.49. The van der Waals surface area contributed by atoms with E-state index in [2.05, 4.69) is 21.3 Å². The average Bonchev–Trinajstić information content (AvgIpc) is 3.02. The molecule has 0 heterocycles. The van der Waals surface area contributed by atoms with Gasteiger partial charge in [0.05, 0.1) is 13.2 Å². The molecule has 0 bridgehead atoms. The Labute approximate surface area is 274 Å². The minimum absolute atomic E-state index is 0.000251. The van der Waals surface area contributed by atoms with Crippen molar-refractivity contribution in [3.05, 3.63) is 70.7 Å². The zero-order chi connectivity index (χ0) is 33.7. The highest BCUT2D eigenvalue weighted by Gasteiger charge is 2.30. The van der Waals surface area contributed by atoms with Gasteiger partial charge in [0.15, 0.2) is 0 Å². The van der Waals surface area contributed by atoms with Gasteiger partial charge in [-0.05, 0) is 55.5 Å². The third-order valence-electron chi connectivity index (χ3n) is 6.98. The maximum atomic E-state index is 13.6. The smallest absolute Gasteiger partial charge is 0.326 e. The van der Waals surface area contributed by atoms with Crippen LogP contribution < -0.4 is 32.7 Å². The fourth-order valence-corrected chi connectivity index (χ4v) is 4.61. The first-order chi connectivity index (χ1) is 22.1. The molecule has 14 heteroatoms. The molecule has 0 radical (unpaired) electrons. The van der Waals surface area contributed by atoms with Crippen LogP contribution in [0.5, 0.6) is 0 Å². The Hall–Kier alpha value is -4.20. The minimum atomic E-state index is -1.30. The van der Waals surface area contributed by atoms with Gasteiger partial charge in [-0.15, -0.1) is 0 Å². The van der Waals surface area contributed by atoms with Crippen LogP contribution >= 0.6 is 11.6 Å². The van der Waals surface area contributed by atoms with Gasteiger partial charge in [-0.2, -0.15) is 0 Å². The Bertz CT molecular complexity index is 1250. The van der Waals surface area contributed by atoms with Crippen LogP contribution in [-0.4, -0.2) is 72.7 Å². The number of primary amides is 1. The number of rotatable bonds is 22. The summed E-state index contributed by atoms with van der Waals surface area (Å²) in [6.45, 7) is 0.730. The summed E-state index contributed by atoms with van der Waals surface area (Å²) in [5.41, 5.74) is 12.1. The maximum Gasteiger partial charge on any atom is 0.326 e. The molecule has 0 aliphatic carbocycles. The van der Waals surface area contributed by atoms with E-state index in [0.717, 1.165) is 24.8 Å². The van der Waals surface area contributed by atoms with Crippen molar-refractivity contribution in [1.29, 1.82) is 0 Å². The molecule has 5 amide bonds. The van der Waals surface area contributed by atoms with Gasteiger partial charge in [0.2, 0.25) is 17.7 Å². The molecule has 9 N–H and O–H groups in total. The topological polar surface area (TPSA) is 215 Å². The molecule has 252 valence electrons. The van der Waals surface area contributed by atoms with Crippen LogP contribution in [0.15, 0.2) is 54.6 Å². The number of carboxylic acids is 1. The molecule has 13 nitrogen and oxygen atoms in total. The lowest BCUT2D eigenvalue weighted by Gasteiger charge is -2.25. The number of carbonyl (C=O) groups excluding carboxylic acids is 4. The molecule has 0 aliphatic heterocycles. The van der Waals surface area contributed by atoms with E-state index in [4.69, 9.17) is 27.8 Å². The Morgan fingerprint density at radius 1 is 0.783 bits per heavy atom. The monoisotopic (exact) mass is 660 g/mol. The normalized spacial score (nSPS) is 12.7. The molecule has 2 aromatic carbocycles.